The van der Waals surface area contributed by atoms with Crippen LogP contribution in [0.15, 0.2) is 4.99 Å². The van der Waals surface area contributed by atoms with Crippen LogP contribution in [-0.2, 0) is 24.0 Å². The van der Waals surface area contributed by atoms with Gasteiger partial charge >= 0.3 is 5.97 Å². The number of carboxylic acids is 1. The fourth-order valence-electron chi connectivity index (χ4n) is 3.26. The Bertz CT molecular complexity index is 804. The molecule has 0 aliphatic rings. The Morgan fingerprint density at radius 1 is 0.838 bits per heavy atom. The summed E-state index contributed by atoms with van der Waals surface area (Å²) in [6.07, 6.45) is 1.53. The molecule has 15 nitrogen and oxygen atoms in total. The molecule has 0 saturated heterocycles. The maximum Gasteiger partial charge on any atom is 0.326 e. The molecular formula is C22H43N9O6. The Labute approximate surface area is 216 Å². The third-order valence-corrected chi connectivity index (χ3v) is 5.74. The number of aliphatic carboxylic acids is 1. The molecule has 0 fully saturated rings. The summed E-state index contributed by atoms with van der Waals surface area (Å²) in [7, 11) is 0. The lowest BCUT2D eigenvalue weighted by atomic mass is 9.98. The number of aliphatic imine (C=N–C) groups is 1. The highest BCUT2D eigenvalue weighted by Gasteiger charge is 2.31. The van der Waals surface area contributed by atoms with Crippen LogP contribution in [0.5, 0.6) is 0 Å². The first-order valence-electron chi connectivity index (χ1n) is 12.3. The lowest BCUT2D eigenvalue weighted by Gasteiger charge is -2.25. The Hall–Kier alpha value is -3.46. The Morgan fingerprint density at radius 2 is 1.38 bits per heavy atom. The van der Waals surface area contributed by atoms with E-state index in [-0.39, 0.29) is 31.3 Å². The van der Waals surface area contributed by atoms with E-state index in [2.05, 4.69) is 20.9 Å². The van der Waals surface area contributed by atoms with E-state index in [9.17, 15) is 29.1 Å². The number of unbranched alkanes of at least 4 members (excludes halogenated alkanes) is 1. The number of nitrogens with two attached hydrogens (primary N) is 5. The molecule has 0 radical (unpaired) electrons. The van der Waals surface area contributed by atoms with Gasteiger partial charge in [0.25, 0.3) is 0 Å². The third-order valence-electron chi connectivity index (χ3n) is 5.74. The summed E-state index contributed by atoms with van der Waals surface area (Å²) < 4.78 is 0. The van der Waals surface area contributed by atoms with Crippen molar-refractivity contribution in [3.05, 3.63) is 0 Å². The largest absolute Gasteiger partial charge is 0.480 e. The van der Waals surface area contributed by atoms with Crippen LogP contribution in [0.2, 0.25) is 0 Å². The molecule has 0 aromatic carbocycles. The van der Waals surface area contributed by atoms with Gasteiger partial charge in [-0.15, -0.1) is 0 Å². The van der Waals surface area contributed by atoms with E-state index >= 15 is 0 Å². The number of guanidine groups is 1. The van der Waals surface area contributed by atoms with Crippen molar-refractivity contribution in [3.8, 4) is 0 Å². The van der Waals surface area contributed by atoms with Gasteiger partial charge < -0.3 is 49.7 Å². The van der Waals surface area contributed by atoms with Crippen molar-refractivity contribution >= 4 is 35.6 Å². The van der Waals surface area contributed by atoms with Crippen LogP contribution in [0, 0.1) is 5.92 Å². The van der Waals surface area contributed by atoms with E-state index in [1.165, 1.54) is 0 Å². The fourth-order valence-corrected chi connectivity index (χ4v) is 3.26. The minimum absolute atomic E-state index is 0.0866. The maximum absolute atomic E-state index is 13.1. The molecule has 0 heterocycles. The highest BCUT2D eigenvalue weighted by Crippen LogP contribution is 2.08. The minimum Gasteiger partial charge on any atom is -0.480 e. The molecule has 0 aliphatic carbocycles. The molecule has 0 bridgehead atoms. The number of hydrogen-bond acceptors (Lipinski definition) is 8. The molecule has 0 aromatic heterocycles. The second-order valence-electron chi connectivity index (χ2n) is 8.84. The van der Waals surface area contributed by atoms with Crippen molar-refractivity contribution in [1.82, 2.24) is 16.0 Å². The molecule has 0 spiro atoms. The molecule has 15 heteroatoms. The molecule has 212 valence electrons. The van der Waals surface area contributed by atoms with Gasteiger partial charge in [0, 0.05) is 6.54 Å². The second-order valence-corrected chi connectivity index (χ2v) is 8.84. The van der Waals surface area contributed by atoms with Crippen LogP contribution in [-0.4, -0.2) is 77.9 Å². The highest BCUT2D eigenvalue weighted by atomic mass is 16.4. The summed E-state index contributed by atoms with van der Waals surface area (Å²) in [5.41, 5.74) is 27.3. The summed E-state index contributed by atoms with van der Waals surface area (Å²) in [5.74, 6) is -4.74. The summed E-state index contributed by atoms with van der Waals surface area (Å²) in [6.45, 7) is 4.19. The van der Waals surface area contributed by atoms with Gasteiger partial charge in [0.2, 0.25) is 23.6 Å². The molecule has 5 atom stereocenters. The molecule has 0 aliphatic heterocycles. The number of rotatable bonds is 19. The van der Waals surface area contributed by atoms with Crippen molar-refractivity contribution in [3.63, 3.8) is 0 Å². The monoisotopic (exact) mass is 529 g/mol. The topological polar surface area (TPSA) is 284 Å². The molecule has 0 rings (SSSR count). The molecule has 14 N–H and O–H groups in total. The average Bonchev–Trinajstić information content (AvgIpc) is 2.82. The zero-order valence-electron chi connectivity index (χ0n) is 21.6. The van der Waals surface area contributed by atoms with E-state index in [1.807, 2.05) is 6.92 Å². The third kappa shape index (κ3) is 14.0. The second kappa shape index (κ2) is 17.9. The lowest BCUT2D eigenvalue weighted by Crippen LogP contribution is -2.58. The standard InChI is InChI=1S/C22H43N9O6/c1-3-12(2)17(25)20(35)29-13(8-6-10-28-22(26)27)18(33)31-15(11-16(24)32)19(34)30-14(21(36)37)7-4-5-9-23/h12-15,17H,3-11,23,25H2,1-2H3,(H2,24,32)(H,29,35)(H,30,34)(H,31,33)(H,36,37)(H4,26,27,28). The number of amides is 4. The predicted molar refractivity (Wildman–Crippen MR) is 137 cm³/mol. The number of carboxylic acid groups (broad SMARTS) is 1. The predicted octanol–water partition coefficient (Wildman–Crippen LogP) is -3.04. The molecule has 0 saturated carbocycles. The number of carbonyl (C=O) groups is 5. The lowest BCUT2D eigenvalue weighted by molar-refractivity contribution is -0.142. The van der Waals surface area contributed by atoms with Gasteiger partial charge in [0.1, 0.15) is 18.1 Å². The summed E-state index contributed by atoms with van der Waals surface area (Å²) in [4.78, 5) is 65.5. The highest BCUT2D eigenvalue weighted by molar-refractivity contribution is 5.96. The van der Waals surface area contributed by atoms with E-state index in [4.69, 9.17) is 28.7 Å². The summed E-state index contributed by atoms with van der Waals surface area (Å²) in [5, 5.41) is 16.7. The molecule has 4 amide bonds. The van der Waals surface area contributed by atoms with E-state index in [0.29, 0.717) is 32.2 Å². The smallest absolute Gasteiger partial charge is 0.326 e. The average molecular weight is 530 g/mol. The van der Waals surface area contributed by atoms with Crippen LogP contribution in [0.3, 0.4) is 0 Å². The van der Waals surface area contributed by atoms with Crippen LogP contribution in [0.4, 0.5) is 0 Å². The SMILES string of the molecule is CCC(C)C(N)C(=O)NC(CCCN=C(N)N)C(=O)NC(CC(N)=O)C(=O)NC(CCCCN)C(=O)O. The van der Waals surface area contributed by atoms with Gasteiger partial charge in [0.05, 0.1) is 12.5 Å². The van der Waals surface area contributed by atoms with Crippen LogP contribution >= 0.6 is 0 Å². The van der Waals surface area contributed by atoms with Crippen molar-refractivity contribution in [2.45, 2.75) is 83.0 Å². The summed E-state index contributed by atoms with van der Waals surface area (Å²) in [6, 6.07) is -4.75. The number of nitrogens with zero attached hydrogens (tertiary/aromatic N) is 1. The van der Waals surface area contributed by atoms with Gasteiger partial charge in [-0.05, 0) is 44.6 Å². The molecule has 0 aromatic rings. The number of hydrogen-bond donors (Lipinski definition) is 9. The first kappa shape index (κ1) is 33.5. The zero-order valence-corrected chi connectivity index (χ0v) is 21.6. The van der Waals surface area contributed by atoms with E-state index in [0.717, 1.165) is 0 Å². The van der Waals surface area contributed by atoms with Gasteiger partial charge in [-0.3, -0.25) is 24.2 Å². The van der Waals surface area contributed by atoms with Crippen molar-refractivity contribution < 1.29 is 29.1 Å². The first-order valence-corrected chi connectivity index (χ1v) is 12.3. The van der Waals surface area contributed by atoms with Crippen molar-refractivity contribution in [2.75, 3.05) is 13.1 Å². The normalized spacial score (nSPS) is 14.8. The van der Waals surface area contributed by atoms with E-state index in [1.54, 1.807) is 6.92 Å². The Morgan fingerprint density at radius 3 is 1.89 bits per heavy atom. The fraction of sp³-hybridized carbons (Fsp3) is 0.727. The molecule has 5 unspecified atom stereocenters. The van der Waals surface area contributed by atoms with Gasteiger partial charge in [-0.25, -0.2) is 4.79 Å². The molecular weight excluding hydrogens is 486 g/mol. The summed E-state index contributed by atoms with van der Waals surface area (Å²) >= 11 is 0. The first-order chi connectivity index (χ1) is 17.3. The van der Waals surface area contributed by atoms with E-state index < -0.39 is 60.2 Å². The van der Waals surface area contributed by atoms with Crippen molar-refractivity contribution in [1.29, 1.82) is 0 Å². The van der Waals surface area contributed by atoms with Crippen LogP contribution < -0.4 is 44.6 Å². The zero-order chi connectivity index (χ0) is 28.5. The maximum atomic E-state index is 13.1. The number of carbonyl (C=O) groups excluding carboxylic acids is 4. The van der Waals surface area contributed by atoms with Crippen LogP contribution in [0.25, 0.3) is 0 Å². The molecule has 37 heavy (non-hydrogen) atoms. The van der Waals surface area contributed by atoms with Gasteiger partial charge in [0.15, 0.2) is 5.96 Å². The Balaban J connectivity index is 5.63. The van der Waals surface area contributed by atoms with Crippen molar-refractivity contribution in [2.24, 2.45) is 39.6 Å². The quantitative estimate of drug-likeness (QED) is 0.0463. The van der Waals surface area contributed by atoms with Gasteiger partial charge in [-0.1, -0.05) is 20.3 Å². The minimum atomic E-state index is -1.47. The number of nitrogens with one attached hydrogen (secondary N) is 3. The van der Waals surface area contributed by atoms with Crippen LogP contribution in [0.1, 0.15) is 58.8 Å². The number of primary amides is 1. The van der Waals surface area contributed by atoms with Gasteiger partial charge in [-0.2, -0.15) is 0 Å². The Kier molecular flexibility index (Phi) is 16.2.